The van der Waals surface area contributed by atoms with Crippen LogP contribution in [0.4, 0.5) is 11.6 Å². The number of hydrogen-bond donors (Lipinski definition) is 0. The van der Waals surface area contributed by atoms with E-state index in [1.807, 2.05) is 18.4 Å². The number of aryl methyl sites for hydroxylation is 3. The average Bonchev–Trinajstić information content (AvgIpc) is 2.73. The van der Waals surface area contributed by atoms with Crippen LogP contribution in [0.5, 0.6) is 0 Å². The zero-order chi connectivity index (χ0) is 21.3. The molecule has 3 heterocycles. The molecule has 0 atom stereocenters. The Kier molecular flexibility index (Phi) is 6.22. The van der Waals surface area contributed by atoms with Gasteiger partial charge in [-0.1, -0.05) is 24.6 Å². The van der Waals surface area contributed by atoms with Crippen molar-refractivity contribution < 1.29 is 4.74 Å². The van der Waals surface area contributed by atoms with E-state index in [0.29, 0.717) is 13.1 Å². The zero-order valence-electron chi connectivity index (χ0n) is 18.6. The molecule has 0 amide bonds. The van der Waals surface area contributed by atoms with E-state index in [0.717, 1.165) is 69.0 Å². The topological polar surface area (TPSA) is 53.8 Å². The van der Waals surface area contributed by atoms with Crippen LogP contribution in [0.15, 0.2) is 23.0 Å². The molecule has 1 aromatic heterocycles. The third-order valence-electron chi connectivity index (χ3n) is 6.21. The SMILES string of the molecule is CCc1c(C)nc2n(c1=O)CN(CCN1CCOCC1)CN2c1ccc(C)cc1C. The lowest BCUT2D eigenvalue weighted by atomic mass is 10.1. The minimum atomic E-state index is 0.0887. The molecule has 2 aromatic rings. The second-order valence-corrected chi connectivity index (χ2v) is 8.41. The predicted octanol–water partition coefficient (Wildman–Crippen LogP) is 2.43. The summed E-state index contributed by atoms with van der Waals surface area (Å²) in [5.41, 5.74) is 5.29. The van der Waals surface area contributed by atoms with Crippen LogP contribution in [0.25, 0.3) is 0 Å². The lowest BCUT2D eigenvalue weighted by molar-refractivity contribution is 0.0310. The fourth-order valence-electron chi connectivity index (χ4n) is 4.48. The zero-order valence-corrected chi connectivity index (χ0v) is 18.6. The molecule has 2 aliphatic rings. The van der Waals surface area contributed by atoms with E-state index in [1.54, 1.807) is 0 Å². The van der Waals surface area contributed by atoms with Crippen LogP contribution >= 0.6 is 0 Å². The molecule has 162 valence electrons. The van der Waals surface area contributed by atoms with Crippen LogP contribution < -0.4 is 10.5 Å². The van der Waals surface area contributed by atoms with Crippen LogP contribution in [0.3, 0.4) is 0 Å². The van der Waals surface area contributed by atoms with Gasteiger partial charge >= 0.3 is 0 Å². The molecule has 4 rings (SSSR count). The van der Waals surface area contributed by atoms with Gasteiger partial charge in [0.05, 0.1) is 26.6 Å². The molecule has 0 unspecified atom stereocenters. The fourth-order valence-corrected chi connectivity index (χ4v) is 4.48. The Morgan fingerprint density at radius 1 is 1.03 bits per heavy atom. The first-order valence-electron chi connectivity index (χ1n) is 11.0. The number of ether oxygens (including phenoxy) is 1. The van der Waals surface area contributed by atoms with Gasteiger partial charge in [0.1, 0.15) is 0 Å². The number of hydrogen-bond acceptors (Lipinski definition) is 6. The van der Waals surface area contributed by atoms with Gasteiger partial charge in [-0.3, -0.25) is 24.1 Å². The smallest absolute Gasteiger partial charge is 0.259 e. The van der Waals surface area contributed by atoms with Crippen molar-refractivity contribution in [3.63, 3.8) is 0 Å². The average molecular weight is 412 g/mol. The van der Waals surface area contributed by atoms with Gasteiger partial charge in [-0.25, -0.2) is 4.98 Å². The maximum absolute atomic E-state index is 13.3. The number of rotatable bonds is 5. The van der Waals surface area contributed by atoms with E-state index in [2.05, 4.69) is 46.7 Å². The highest BCUT2D eigenvalue weighted by Gasteiger charge is 2.28. The Balaban J connectivity index is 1.68. The van der Waals surface area contributed by atoms with Crippen LogP contribution in [0.1, 0.15) is 29.3 Å². The summed E-state index contributed by atoms with van der Waals surface area (Å²) in [5, 5.41) is 0. The first-order chi connectivity index (χ1) is 14.5. The maximum atomic E-state index is 13.3. The Labute approximate surface area is 178 Å². The molecule has 1 fully saturated rings. The normalized spacial score (nSPS) is 17.9. The molecule has 0 bridgehead atoms. The molecule has 1 saturated heterocycles. The summed E-state index contributed by atoms with van der Waals surface area (Å²) in [7, 11) is 0. The lowest BCUT2D eigenvalue weighted by Crippen LogP contribution is -2.50. The van der Waals surface area contributed by atoms with Gasteiger partial charge in [0.15, 0.2) is 0 Å². The monoisotopic (exact) mass is 411 g/mol. The van der Waals surface area contributed by atoms with Crippen LogP contribution in [0.2, 0.25) is 0 Å². The Morgan fingerprint density at radius 2 is 1.77 bits per heavy atom. The van der Waals surface area contributed by atoms with E-state index in [4.69, 9.17) is 9.72 Å². The van der Waals surface area contributed by atoms with Crippen molar-refractivity contribution >= 4 is 11.6 Å². The second kappa shape index (κ2) is 8.88. The van der Waals surface area contributed by atoms with Gasteiger partial charge < -0.3 is 4.74 Å². The largest absolute Gasteiger partial charge is 0.379 e. The number of morpholine rings is 1. The first-order valence-corrected chi connectivity index (χ1v) is 11.0. The molecule has 7 nitrogen and oxygen atoms in total. The van der Waals surface area contributed by atoms with E-state index in [1.165, 1.54) is 11.1 Å². The molecular formula is C23H33N5O2. The summed E-state index contributed by atoms with van der Waals surface area (Å²) in [6.45, 7) is 15.0. The molecule has 2 aliphatic heterocycles. The third-order valence-corrected chi connectivity index (χ3v) is 6.21. The van der Waals surface area contributed by atoms with Crippen LogP contribution in [0, 0.1) is 20.8 Å². The van der Waals surface area contributed by atoms with Crippen molar-refractivity contribution in [3.8, 4) is 0 Å². The van der Waals surface area contributed by atoms with Crippen molar-refractivity contribution in [1.82, 2.24) is 19.4 Å². The Hall–Kier alpha value is -2.22. The lowest BCUT2D eigenvalue weighted by Gasteiger charge is -2.40. The van der Waals surface area contributed by atoms with Gasteiger partial charge in [0.25, 0.3) is 5.56 Å². The van der Waals surface area contributed by atoms with Crippen molar-refractivity contribution in [2.75, 3.05) is 51.0 Å². The van der Waals surface area contributed by atoms with E-state index in [9.17, 15) is 4.79 Å². The minimum Gasteiger partial charge on any atom is -0.379 e. The van der Waals surface area contributed by atoms with E-state index >= 15 is 0 Å². The predicted molar refractivity (Wildman–Crippen MR) is 119 cm³/mol. The first kappa shape index (κ1) is 21.0. The van der Waals surface area contributed by atoms with Crippen LogP contribution in [-0.2, 0) is 17.8 Å². The van der Waals surface area contributed by atoms with E-state index in [-0.39, 0.29) is 5.56 Å². The van der Waals surface area contributed by atoms with Crippen molar-refractivity contribution in [2.45, 2.75) is 40.8 Å². The standard InChI is InChI=1S/C23H33N5O2/c1-5-20-19(4)24-23-27(21-7-6-17(2)14-18(21)3)15-26(16-28(23)22(20)29)9-8-25-10-12-30-13-11-25/h6-7,14H,5,8-13,15-16H2,1-4H3. The van der Waals surface area contributed by atoms with Crippen molar-refractivity contribution in [3.05, 3.63) is 50.9 Å². The summed E-state index contributed by atoms with van der Waals surface area (Å²) in [6, 6.07) is 6.47. The Morgan fingerprint density at radius 3 is 2.47 bits per heavy atom. The van der Waals surface area contributed by atoms with Gasteiger partial charge in [0.2, 0.25) is 5.95 Å². The molecule has 7 heteroatoms. The quantitative estimate of drug-likeness (QED) is 0.753. The van der Waals surface area contributed by atoms with Crippen molar-refractivity contribution in [2.24, 2.45) is 0 Å². The Bertz CT molecular complexity index is 965. The van der Waals surface area contributed by atoms with E-state index < -0.39 is 0 Å². The molecule has 0 spiro atoms. The van der Waals surface area contributed by atoms with Gasteiger partial charge in [-0.15, -0.1) is 0 Å². The summed E-state index contributed by atoms with van der Waals surface area (Å²) >= 11 is 0. The van der Waals surface area contributed by atoms with Crippen LogP contribution in [-0.4, -0.2) is 65.4 Å². The molecule has 0 aliphatic carbocycles. The molecule has 1 aromatic carbocycles. The molecule has 30 heavy (non-hydrogen) atoms. The highest BCUT2D eigenvalue weighted by atomic mass is 16.5. The maximum Gasteiger partial charge on any atom is 0.259 e. The number of aromatic nitrogens is 2. The summed E-state index contributed by atoms with van der Waals surface area (Å²) < 4.78 is 7.33. The number of benzene rings is 1. The summed E-state index contributed by atoms with van der Waals surface area (Å²) in [4.78, 5) is 25.1. The number of nitrogens with zero attached hydrogens (tertiary/aromatic N) is 5. The summed E-state index contributed by atoms with van der Waals surface area (Å²) in [6.07, 6.45) is 0.704. The van der Waals surface area contributed by atoms with Gasteiger partial charge in [-0.05, 0) is 38.8 Å². The molecule has 0 N–H and O–H groups in total. The number of anilines is 2. The van der Waals surface area contributed by atoms with Gasteiger partial charge in [0, 0.05) is 43.1 Å². The van der Waals surface area contributed by atoms with Crippen molar-refractivity contribution in [1.29, 1.82) is 0 Å². The molecular weight excluding hydrogens is 378 g/mol. The summed E-state index contributed by atoms with van der Waals surface area (Å²) in [5.74, 6) is 0.754. The third kappa shape index (κ3) is 4.15. The number of fused-ring (bicyclic) bond motifs is 1. The van der Waals surface area contributed by atoms with Gasteiger partial charge in [-0.2, -0.15) is 0 Å². The molecule has 0 saturated carbocycles. The second-order valence-electron chi connectivity index (χ2n) is 8.41. The highest BCUT2D eigenvalue weighted by molar-refractivity contribution is 5.63. The highest BCUT2D eigenvalue weighted by Crippen LogP contribution is 2.30. The fraction of sp³-hybridized carbons (Fsp3) is 0.565. The minimum absolute atomic E-state index is 0.0887. The molecule has 0 radical (unpaired) electrons.